The Morgan fingerprint density at radius 1 is 1.34 bits per heavy atom. The van der Waals surface area contributed by atoms with Crippen molar-refractivity contribution >= 4 is 33.4 Å². The Balaban J connectivity index is 1.42. The van der Waals surface area contributed by atoms with E-state index in [0.29, 0.717) is 37.6 Å². The lowest BCUT2D eigenvalue weighted by Crippen LogP contribution is -2.38. The summed E-state index contributed by atoms with van der Waals surface area (Å²) in [5.74, 6) is 1.11. The predicted molar refractivity (Wildman–Crippen MR) is 111 cm³/mol. The van der Waals surface area contributed by atoms with E-state index in [2.05, 4.69) is 32.3 Å². The van der Waals surface area contributed by atoms with Gasteiger partial charge in [-0.3, -0.25) is 4.79 Å². The van der Waals surface area contributed by atoms with Gasteiger partial charge in [-0.25, -0.2) is 0 Å². The van der Waals surface area contributed by atoms with E-state index in [9.17, 15) is 10.1 Å². The molecule has 29 heavy (non-hydrogen) atoms. The van der Waals surface area contributed by atoms with Crippen molar-refractivity contribution in [1.82, 2.24) is 4.98 Å². The van der Waals surface area contributed by atoms with Gasteiger partial charge in [0.25, 0.3) is 5.89 Å². The minimum absolute atomic E-state index is 0.0141. The lowest BCUT2D eigenvalue weighted by molar-refractivity contribution is -0.120. The van der Waals surface area contributed by atoms with Crippen molar-refractivity contribution < 1.29 is 13.6 Å². The van der Waals surface area contributed by atoms with E-state index in [1.54, 1.807) is 12.1 Å². The van der Waals surface area contributed by atoms with E-state index in [4.69, 9.17) is 8.83 Å². The Morgan fingerprint density at radius 2 is 2.14 bits per heavy atom. The number of aryl methyl sites for hydroxylation is 1. The average Bonchev–Trinajstić information content (AvgIpc) is 3.40. The number of anilines is 2. The first-order valence-electron chi connectivity index (χ1n) is 9.32. The molecule has 0 spiro atoms. The number of amides is 1. The molecule has 0 saturated carbocycles. The zero-order valence-electron chi connectivity index (χ0n) is 15.8. The van der Waals surface area contributed by atoms with Crippen LogP contribution >= 0.6 is 15.9 Å². The second kappa shape index (κ2) is 8.13. The summed E-state index contributed by atoms with van der Waals surface area (Å²) >= 11 is 3.44. The predicted octanol–water partition coefficient (Wildman–Crippen LogP) is 4.73. The smallest absolute Gasteiger partial charge is 0.266 e. The maximum Gasteiger partial charge on any atom is 0.266 e. The largest absolute Gasteiger partial charge is 0.459 e. The number of nitrogens with zero attached hydrogens (tertiary/aromatic N) is 3. The molecule has 1 fully saturated rings. The number of rotatable bonds is 4. The normalized spacial score (nSPS) is 14.6. The van der Waals surface area contributed by atoms with Crippen LogP contribution in [0.2, 0.25) is 0 Å². The van der Waals surface area contributed by atoms with Crippen molar-refractivity contribution in [3.63, 3.8) is 0 Å². The summed E-state index contributed by atoms with van der Waals surface area (Å²) < 4.78 is 12.0. The number of piperidine rings is 1. The Kier molecular flexibility index (Phi) is 5.41. The second-order valence-electron chi connectivity index (χ2n) is 6.97. The Bertz CT molecular complexity index is 1060. The van der Waals surface area contributed by atoms with Crippen LogP contribution in [0.5, 0.6) is 0 Å². The standard InChI is InChI=1S/C21H19BrN4O3/c1-13-4-5-15(22)11-16(13)24-19(27)14-6-8-26(9-7-14)21-17(12-23)25-20(29-21)18-3-2-10-28-18/h2-5,10-11,14H,6-9H2,1H3,(H,24,27). The number of furan rings is 1. The molecule has 0 atom stereocenters. The summed E-state index contributed by atoms with van der Waals surface area (Å²) in [5.41, 5.74) is 2.06. The third kappa shape index (κ3) is 4.05. The van der Waals surface area contributed by atoms with E-state index in [0.717, 1.165) is 15.7 Å². The maximum absolute atomic E-state index is 12.7. The molecule has 7 nitrogen and oxygen atoms in total. The van der Waals surface area contributed by atoms with Crippen LogP contribution in [-0.4, -0.2) is 24.0 Å². The highest BCUT2D eigenvalue weighted by Crippen LogP contribution is 2.31. The van der Waals surface area contributed by atoms with Gasteiger partial charge in [0.05, 0.1) is 6.26 Å². The average molecular weight is 455 g/mol. The highest BCUT2D eigenvalue weighted by atomic mass is 79.9. The first-order valence-corrected chi connectivity index (χ1v) is 10.1. The summed E-state index contributed by atoms with van der Waals surface area (Å²) in [6.07, 6.45) is 2.86. The van der Waals surface area contributed by atoms with E-state index in [1.165, 1.54) is 6.26 Å². The highest BCUT2D eigenvalue weighted by molar-refractivity contribution is 9.10. The fourth-order valence-electron chi connectivity index (χ4n) is 3.41. The quantitative estimate of drug-likeness (QED) is 0.611. The molecule has 3 aromatic rings. The first kappa shape index (κ1) is 19.3. The zero-order chi connectivity index (χ0) is 20.4. The topological polar surface area (TPSA) is 95.3 Å². The molecule has 1 N–H and O–H groups in total. The Labute approximate surface area is 176 Å². The van der Waals surface area contributed by atoms with Crippen molar-refractivity contribution in [2.75, 3.05) is 23.3 Å². The fraction of sp³-hybridized carbons (Fsp3) is 0.286. The van der Waals surface area contributed by atoms with Gasteiger partial charge < -0.3 is 19.1 Å². The molecule has 1 aliphatic heterocycles. The monoisotopic (exact) mass is 454 g/mol. The Hall–Kier alpha value is -3.05. The van der Waals surface area contributed by atoms with Gasteiger partial charge >= 0.3 is 0 Å². The molecule has 1 aromatic carbocycles. The fourth-order valence-corrected chi connectivity index (χ4v) is 3.77. The molecule has 1 amide bonds. The van der Waals surface area contributed by atoms with E-state index in [1.807, 2.05) is 30.0 Å². The summed E-state index contributed by atoms with van der Waals surface area (Å²) in [6.45, 7) is 3.18. The molecule has 1 aliphatic rings. The number of nitriles is 1. The van der Waals surface area contributed by atoms with Gasteiger partial charge in [-0.1, -0.05) is 22.0 Å². The van der Waals surface area contributed by atoms with Crippen molar-refractivity contribution in [3.8, 4) is 17.7 Å². The molecule has 148 valence electrons. The van der Waals surface area contributed by atoms with Crippen molar-refractivity contribution in [2.45, 2.75) is 19.8 Å². The lowest BCUT2D eigenvalue weighted by atomic mass is 9.95. The lowest BCUT2D eigenvalue weighted by Gasteiger charge is -2.31. The summed E-state index contributed by atoms with van der Waals surface area (Å²) in [7, 11) is 0. The number of halogens is 1. The van der Waals surface area contributed by atoms with Crippen LogP contribution in [-0.2, 0) is 4.79 Å². The molecule has 2 aromatic heterocycles. The Morgan fingerprint density at radius 3 is 2.83 bits per heavy atom. The zero-order valence-corrected chi connectivity index (χ0v) is 17.4. The molecule has 8 heteroatoms. The number of aromatic nitrogens is 1. The van der Waals surface area contributed by atoms with Gasteiger partial charge in [-0.2, -0.15) is 10.2 Å². The number of hydrogen-bond acceptors (Lipinski definition) is 6. The minimum atomic E-state index is -0.0948. The van der Waals surface area contributed by atoms with E-state index >= 15 is 0 Å². The summed E-state index contributed by atoms with van der Waals surface area (Å²) in [5, 5.41) is 12.4. The molecule has 1 saturated heterocycles. The van der Waals surface area contributed by atoms with Crippen LogP contribution in [0.25, 0.3) is 11.7 Å². The highest BCUT2D eigenvalue weighted by Gasteiger charge is 2.29. The first-order chi connectivity index (χ1) is 14.0. The number of carbonyl (C=O) groups excluding carboxylic acids is 1. The summed E-state index contributed by atoms with van der Waals surface area (Å²) in [6, 6.07) is 11.4. The number of carbonyl (C=O) groups is 1. The van der Waals surface area contributed by atoms with Crippen LogP contribution in [0.4, 0.5) is 11.6 Å². The van der Waals surface area contributed by atoms with Crippen LogP contribution in [0, 0.1) is 24.2 Å². The third-order valence-corrected chi connectivity index (χ3v) is 5.55. The van der Waals surface area contributed by atoms with Gasteiger partial charge in [0, 0.05) is 29.2 Å². The third-order valence-electron chi connectivity index (χ3n) is 5.06. The van der Waals surface area contributed by atoms with E-state index < -0.39 is 0 Å². The van der Waals surface area contributed by atoms with Crippen LogP contribution < -0.4 is 10.2 Å². The van der Waals surface area contributed by atoms with Crippen LogP contribution in [0.1, 0.15) is 24.1 Å². The number of nitrogens with one attached hydrogen (secondary N) is 1. The molecule has 0 aliphatic carbocycles. The van der Waals surface area contributed by atoms with Gasteiger partial charge in [0.1, 0.15) is 6.07 Å². The molecular weight excluding hydrogens is 436 g/mol. The molecular formula is C21H19BrN4O3. The van der Waals surface area contributed by atoms with Gasteiger partial charge in [-0.05, 0) is 49.6 Å². The van der Waals surface area contributed by atoms with Crippen molar-refractivity contribution in [1.29, 1.82) is 5.26 Å². The van der Waals surface area contributed by atoms with Gasteiger partial charge in [-0.15, -0.1) is 0 Å². The van der Waals surface area contributed by atoms with Crippen molar-refractivity contribution in [3.05, 3.63) is 52.3 Å². The van der Waals surface area contributed by atoms with E-state index in [-0.39, 0.29) is 23.4 Å². The SMILES string of the molecule is Cc1ccc(Br)cc1NC(=O)C1CCN(c2oc(-c3ccco3)nc2C#N)CC1. The number of benzene rings is 1. The van der Waals surface area contributed by atoms with Crippen LogP contribution in [0.3, 0.4) is 0 Å². The maximum atomic E-state index is 12.7. The number of oxazole rings is 1. The molecule has 4 rings (SSSR count). The summed E-state index contributed by atoms with van der Waals surface area (Å²) in [4.78, 5) is 18.9. The van der Waals surface area contributed by atoms with Crippen LogP contribution in [0.15, 0.2) is 49.9 Å². The van der Waals surface area contributed by atoms with Gasteiger partial charge in [0.15, 0.2) is 5.76 Å². The molecule has 0 bridgehead atoms. The molecule has 0 radical (unpaired) electrons. The van der Waals surface area contributed by atoms with Crippen molar-refractivity contribution in [2.24, 2.45) is 5.92 Å². The number of hydrogen-bond donors (Lipinski definition) is 1. The van der Waals surface area contributed by atoms with Gasteiger partial charge in [0.2, 0.25) is 17.5 Å². The molecule has 0 unspecified atom stereocenters. The minimum Gasteiger partial charge on any atom is -0.459 e. The second-order valence-corrected chi connectivity index (χ2v) is 7.89. The molecule has 3 heterocycles.